The van der Waals surface area contributed by atoms with Crippen LogP contribution in [0.1, 0.15) is 18.3 Å². The van der Waals surface area contributed by atoms with Crippen LogP contribution in [0.4, 0.5) is 0 Å². The zero-order chi connectivity index (χ0) is 12.5. The molecule has 6 heteroatoms. The summed E-state index contributed by atoms with van der Waals surface area (Å²) in [6.07, 6.45) is 0.336. The van der Waals surface area contributed by atoms with E-state index < -0.39 is 5.60 Å². The Morgan fingerprint density at radius 1 is 1.35 bits per heavy atom. The number of benzene rings is 1. The van der Waals surface area contributed by atoms with Gasteiger partial charge in [0.1, 0.15) is 0 Å². The van der Waals surface area contributed by atoms with Crippen molar-refractivity contribution >= 4 is 15.9 Å². The maximum absolute atomic E-state index is 10.4. The summed E-state index contributed by atoms with van der Waals surface area (Å²) in [5.74, 6) is 0.528. The van der Waals surface area contributed by atoms with Crippen molar-refractivity contribution in [2.45, 2.75) is 18.9 Å². The van der Waals surface area contributed by atoms with Gasteiger partial charge in [0.05, 0.1) is 12.6 Å². The van der Waals surface area contributed by atoms with E-state index in [1.165, 1.54) is 4.80 Å². The lowest BCUT2D eigenvalue weighted by Gasteiger charge is -2.22. The quantitative estimate of drug-likeness (QED) is 0.930. The SMILES string of the molecule is Cn1nnc(CC(C)(O)c2ccc(Br)cc2)n1. The number of hydrogen-bond acceptors (Lipinski definition) is 4. The Bertz CT molecular complexity index is 506. The lowest BCUT2D eigenvalue weighted by Crippen LogP contribution is -2.25. The summed E-state index contributed by atoms with van der Waals surface area (Å²) >= 11 is 3.36. The molecule has 0 aliphatic rings. The van der Waals surface area contributed by atoms with Crippen molar-refractivity contribution in [3.05, 3.63) is 40.1 Å². The Morgan fingerprint density at radius 3 is 2.53 bits per heavy atom. The van der Waals surface area contributed by atoms with Crippen LogP contribution in [0.2, 0.25) is 0 Å². The molecule has 0 fully saturated rings. The minimum absolute atomic E-state index is 0.336. The summed E-state index contributed by atoms with van der Waals surface area (Å²) in [6, 6.07) is 7.54. The summed E-state index contributed by atoms with van der Waals surface area (Å²) in [5, 5.41) is 22.1. The van der Waals surface area contributed by atoms with Gasteiger partial charge >= 0.3 is 0 Å². The van der Waals surface area contributed by atoms with Crippen LogP contribution in [-0.2, 0) is 19.1 Å². The van der Waals surface area contributed by atoms with E-state index in [0.29, 0.717) is 12.2 Å². The average Bonchev–Trinajstić information content (AvgIpc) is 2.63. The largest absolute Gasteiger partial charge is 0.385 e. The number of tetrazole rings is 1. The molecule has 1 heterocycles. The molecule has 0 aliphatic heterocycles. The summed E-state index contributed by atoms with van der Waals surface area (Å²) in [4.78, 5) is 1.38. The highest BCUT2D eigenvalue weighted by Gasteiger charge is 2.25. The second-order valence-corrected chi connectivity index (χ2v) is 5.07. The van der Waals surface area contributed by atoms with E-state index >= 15 is 0 Å². The molecule has 2 rings (SSSR count). The van der Waals surface area contributed by atoms with Crippen molar-refractivity contribution in [1.82, 2.24) is 20.2 Å². The van der Waals surface area contributed by atoms with Gasteiger partial charge in [0.15, 0.2) is 5.82 Å². The van der Waals surface area contributed by atoms with Crippen LogP contribution in [0.15, 0.2) is 28.7 Å². The first-order chi connectivity index (χ1) is 7.97. The highest BCUT2D eigenvalue weighted by molar-refractivity contribution is 9.10. The van der Waals surface area contributed by atoms with Crippen LogP contribution in [-0.4, -0.2) is 25.3 Å². The molecule has 1 N–H and O–H groups in total. The summed E-state index contributed by atoms with van der Waals surface area (Å²) < 4.78 is 0.981. The molecule has 2 aromatic rings. The normalized spacial score (nSPS) is 14.6. The zero-order valence-electron chi connectivity index (χ0n) is 9.63. The standard InChI is InChI=1S/C11H13BrN4O/c1-11(17,7-10-13-15-16(2)14-10)8-3-5-9(12)6-4-8/h3-6,17H,7H2,1-2H3. The number of nitrogens with zero attached hydrogens (tertiary/aromatic N) is 4. The maximum atomic E-state index is 10.4. The van der Waals surface area contributed by atoms with Gasteiger partial charge < -0.3 is 5.11 Å². The van der Waals surface area contributed by atoms with Gasteiger partial charge in [-0.2, -0.15) is 4.80 Å². The molecular weight excluding hydrogens is 284 g/mol. The third kappa shape index (κ3) is 2.89. The second-order valence-electron chi connectivity index (χ2n) is 4.15. The second kappa shape index (κ2) is 4.54. The molecule has 1 aromatic heterocycles. The molecule has 0 saturated heterocycles. The van der Waals surface area contributed by atoms with E-state index in [1.54, 1.807) is 14.0 Å². The van der Waals surface area contributed by atoms with Gasteiger partial charge in [-0.15, -0.1) is 10.2 Å². The average molecular weight is 297 g/mol. The van der Waals surface area contributed by atoms with Crippen molar-refractivity contribution in [2.75, 3.05) is 0 Å². The molecule has 0 spiro atoms. The van der Waals surface area contributed by atoms with Crippen molar-refractivity contribution in [3.8, 4) is 0 Å². The Labute approximate surface area is 108 Å². The van der Waals surface area contributed by atoms with Crippen LogP contribution in [0.5, 0.6) is 0 Å². The lowest BCUT2D eigenvalue weighted by molar-refractivity contribution is 0.0554. The molecule has 1 unspecified atom stereocenters. The molecule has 0 saturated carbocycles. The number of aliphatic hydroxyl groups is 1. The molecule has 0 aliphatic carbocycles. The molecule has 1 aromatic carbocycles. The zero-order valence-corrected chi connectivity index (χ0v) is 11.2. The minimum Gasteiger partial charge on any atom is -0.385 e. The number of rotatable bonds is 3. The van der Waals surface area contributed by atoms with Crippen LogP contribution >= 0.6 is 15.9 Å². The van der Waals surface area contributed by atoms with Crippen molar-refractivity contribution in [3.63, 3.8) is 0 Å². The summed E-state index contributed by atoms with van der Waals surface area (Å²) in [7, 11) is 1.70. The smallest absolute Gasteiger partial charge is 0.178 e. The molecular formula is C11H13BrN4O. The first-order valence-electron chi connectivity index (χ1n) is 5.19. The molecule has 17 heavy (non-hydrogen) atoms. The Morgan fingerprint density at radius 2 is 2.00 bits per heavy atom. The van der Waals surface area contributed by atoms with Crippen LogP contribution in [0, 0.1) is 0 Å². The Balaban J connectivity index is 2.21. The molecule has 0 bridgehead atoms. The van der Waals surface area contributed by atoms with Crippen LogP contribution in [0.25, 0.3) is 0 Å². The third-order valence-corrected chi connectivity index (χ3v) is 3.05. The topological polar surface area (TPSA) is 63.8 Å². The third-order valence-electron chi connectivity index (χ3n) is 2.52. The fraction of sp³-hybridized carbons (Fsp3) is 0.364. The van der Waals surface area contributed by atoms with Gasteiger partial charge in [0, 0.05) is 10.9 Å². The van der Waals surface area contributed by atoms with E-state index in [1.807, 2.05) is 24.3 Å². The van der Waals surface area contributed by atoms with E-state index in [4.69, 9.17) is 0 Å². The highest BCUT2D eigenvalue weighted by atomic mass is 79.9. The predicted octanol–water partition coefficient (Wildman–Crippen LogP) is 1.42. The van der Waals surface area contributed by atoms with Crippen molar-refractivity contribution in [2.24, 2.45) is 7.05 Å². The van der Waals surface area contributed by atoms with Gasteiger partial charge in [0.25, 0.3) is 0 Å². The number of halogens is 1. The minimum atomic E-state index is -0.996. The number of aryl methyl sites for hydroxylation is 1. The first kappa shape index (κ1) is 12.2. The van der Waals surface area contributed by atoms with Gasteiger partial charge in [0.2, 0.25) is 0 Å². The van der Waals surface area contributed by atoms with E-state index in [9.17, 15) is 5.11 Å². The van der Waals surface area contributed by atoms with E-state index in [-0.39, 0.29) is 0 Å². The lowest BCUT2D eigenvalue weighted by atomic mass is 9.92. The van der Waals surface area contributed by atoms with Crippen LogP contribution in [0.3, 0.4) is 0 Å². The molecule has 5 nitrogen and oxygen atoms in total. The first-order valence-corrected chi connectivity index (χ1v) is 5.98. The van der Waals surface area contributed by atoms with E-state index in [0.717, 1.165) is 10.0 Å². The highest BCUT2D eigenvalue weighted by Crippen LogP contribution is 2.25. The van der Waals surface area contributed by atoms with Gasteiger partial charge in [-0.3, -0.25) is 0 Å². The molecule has 0 radical (unpaired) electrons. The number of aromatic nitrogens is 4. The fourth-order valence-corrected chi connectivity index (χ4v) is 1.88. The molecule has 1 atom stereocenters. The predicted molar refractivity (Wildman–Crippen MR) is 66.2 cm³/mol. The monoisotopic (exact) mass is 296 g/mol. The molecule has 0 amide bonds. The Hall–Kier alpha value is -1.27. The van der Waals surface area contributed by atoms with Crippen molar-refractivity contribution < 1.29 is 5.11 Å². The van der Waals surface area contributed by atoms with Gasteiger partial charge in [-0.25, -0.2) is 0 Å². The summed E-state index contributed by atoms with van der Waals surface area (Å²) in [6.45, 7) is 1.74. The summed E-state index contributed by atoms with van der Waals surface area (Å²) in [5.41, 5.74) is -0.169. The number of hydrogen-bond donors (Lipinski definition) is 1. The van der Waals surface area contributed by atoms with Gasteiger partial charge in [-0.05, 0) is 29.8 Å². The maximum Gasteiger partial charge on any atom is 0.178 e. The van der Waals surface area contributed by atoms with Crippen LogP contribution < -0.4 is 0 Å². The van der Waals surface area contributed by atoms with E-state index in [2.05, 4.69) is 31.3 Å². The van der Waals surface area contributed by atoms with Crippen molar-refractivity contribution in [1.29, 1.82) is 0 Å². The fourth-order valence-electron chi connectivity index (χ4n) is 1.61. The van der Waals surface area contributed by atoms with Gasteiger partial charge in [-0.1, -0.05) is 28.1 Å². The molecule has 90 valence electrons. The Kier molecular flexibility index (Phi) is 3.26.